The second-order valence-corrected chi connectivity index (χ2v) is 8.87. The maximum Gasteiger partial charge on any atom is 0.309 e. The van der Waals surface area contributed by atoms with Crippen molar-refractivity contribution >= 4 is 21.6 Å². The van der Waals surface area contributed by atoms with Crippen LogP contribution in [0.25, 0.3) is 21.3 Å². The SMILES string of the molecule is COc1ccc(-c2cnn(Cn3c(=O)sc4ccccc43)c(=O)c2)cc1OC1CCCC1. The summed E-state index contributed by atoms with van der Waals surface area (Å²) in [6, 6.07) is 14.7. The first-order valence-corrected chi connectivity index (χ1v) is 11.4. The summed E-state index contributed by atoms with van der Waals surface area (Å²) in [5.74, 6) is 1.35. The van der Waals surface area contributed by atoms with Crippen LogP contribution < -0.4 is 19.9 Å². The predicted octanol–water partition coefficient (Wildman–Crippen LogP) is 4.12. The van der Waals surface area contributed by atoms with Gasteiger partial charge in [0.1, 0.15) is 6.67 Å². The van der Waals surface area contributed by atoms with Crippen molar-refractivity contribution in [2.24, 2.45) is 0 Å². The highest BCUT2D eigenvalue weighted by Gasteiger charge is 2.19. The molecule has 0 amide bonds. The molecular formula is C24H23N3O4S. The molecule has 0 unspecified atom stereocenters. The zero-order valence-electron chi connectivity index (χ0n) is 17.7. The van der Waals surface area contributed by atoms with Crippen molar-refractivity contribution in [3.8, 4) is 22.6 Å². The largest absolute Gasteiger partial charge is 0.493 e. The molecule has 2 aromatic heterocycles. The van der Waals surface area contributed by atoms with Gasteiger partial charge in [-0.3, -0.25) is 14.2 Å². The molecule has 8 heteroatoms. The van der Waals surface area contributed by atoms with Gasteiger partial charge < -0.3 is 9.47 Å². The Labute approximate surface area is 188 Å². The molecule has 0 radical (unpaired) electrons. The zero-order chi connectivity index (χ0) is 22.1. The second-order valence-electron chi connectivity index (χ2n) is 7.88. The molecule has 0 spiro atoms. The minimum absolute atomic E-state index is 0.0701. The Balaban J connectivity index is 1.44. The molecule has 5 rings (SSSR count). The van der Waals surface area contributed by atoms with Crippen LogP contribution >= 0.6 is 11.3 Å². The third-order valence-electron chi connectivity index (χ3n) is 5.81. The molecule has 0 saturated heterocycles. The molecule has 1 saturated carbocycles. The van der Waals surface area contributed by atoms with E-state index in [-0.39, 0.29) is 23.2 Å². The van der Waals surface area contributed by atoms with Crippen molar-refractivity contribution in [1.82, 2.24) is 14.3 Å². The summed E-state index contributed by atoms with van der Waals surface area (Å²) in [5.41, 5.74) is 2.03. The number of para-hydroxylation sites is 1. The van der Waals surface area contributed by atoms with Crippen LogP contribution in [0, 0.1) is 0 Å². The molecule has 0 atom stereocenters. The van der Waals surface area contributed by atoms with Gasteiger partial charge in [0.25, 0.3) is 5.56 Å². The number of methoxy groups -OCH3 is 1. The summed E-state index contributed by atoms with van der Waals surface area (Å²) < 4.78 is 15.4. The van der Waals surface area contributed by atoms with Crippen LogP contribution in [-0.2, 0) is 6.67 Å². The number of ether oxygens (including phenoxy) is 2. The molecule has 2 heterocycles. The lowest BCUT2D eigenvalue weighted by Crippen LogP contribution is -2.28. The van der Waals surface area contributed by atoms with Crippen molar-refractivity contribution in [1.29, 1.82) is 0 Å². The molecule has 164 valence electrons. The number of aromatic nitrogens is 3. The van der Waals surface area contributed by atoms with Crippen molar-refractivity contribution in [2.75, 3.05) is 7.11 Å². The van der Waals surface area contributed by atoms with Gasteiger partial charge in [0.15, 0.2) is 11.5 Å². The standard InChI is InChI=1S/C24H23N3O4S/c1-30-20-11-10-16(12-21(20)31-18-6-2-3-7-18)17-13-23(28)27(25-14-17)15-26-19-8-4-5-9-22(19)32-24(26)29/h4-5,8-14,18H,2-3,6-7,15H2,1H3. The highest BCUT2D eigenvalue weighted by atomic mass is 32.1. The van der Waals surface area contributed by atoms with Crippen LogP contribution in [0.1, 0.15) is 25.7 Å². The summed E-state index contributed by atoms with van der Waals surface area (Å²) in [4.78, 5) is 25.1. The van der Waals surface area contributed by atoms with Gasteiger partial charge in [0.2, 0.25) is 0 Å². The van der Waals surface area contributed by atoms with Crippen molar-refractivity contribution < 1.29 is 9.47 Å². The van der Waals surface area contributed by atoms with E-state index in [1.54, 1.807) is 17.9 Å². The number of hydrogen-bond acceptors (Lipinski definition) is 6. The number of benzene rings is 2. The van der Waals surface area contributed by atoms with Crippen LogP contribution in [0.4, 0.5) is 0 Å². The maximum atomic E-state index is 12.8. The maximum absolute atomic E-state index is 12.8. The minimum Gasteiger partial charge on any atom is -0.493 e. The van der Waals surface area contributed by atoms with Gasteiger partial charge >= 0.3 is 4.87 Å². The molecule has 1 fully saturated rings. The average Bonchev–Trinajstić information content (AvgIpc) is 3.42. The van der Waals surface area contributed by atoms with E-state index in [0.717, 1.165) is 40.0 Å². The van der Waals surface area contributed by atoms with Crippen molar-refractivity contribution in [3.63, 3.8) is 0 Å². The Bertz CT molecular complexity index is 1380. The van der Waals surface area contributed by atoms with Gasteiger partial charge in [-0.25, -0.2) is 4.68 Å². The number of fused-ring (bicyclic) bond motifs is 1. The smallest absolute Gasteiger partial charge is 0.309 e. The number of hydrogen-bond donors (Lipinski definition) is 0. The highest BCUT2D eigenvalue weighted by molar-refractivity contribution is 7.16. The highest BCUT2D eigenvalue weighted by Crippen LogP contribution is 2.35. The monoisotopic (exact) mass is 449 g/mol. The van der Waals surface area contributed by atoms with Crippen LogP contribution in [0.15, 0.2) is 64.3 Å². The van der Waals surface area contributed by atoms with E-state index in [1.807, 2.05) is 42.5 Å². The molecule has 32 heavy (non-hydrogen) atoms. The third kappa shape index (κ3) is 3.93. The van der Waals surface area contributed by atoms with E-state index >= 15 is 0 Å². The summed E-state index contributed by atoms with van der Waals surface area (Å²) in [6.07, 6.45) is 6.28. The van der Waals surface area contributed by atoms with Gasteiger partial charge in [0.05, 0.1) is 29.6 Å². The molecule has 1 aliphatic carbocycles. The third-order valence-corrected chi connectivity index (χ3v) is 6.77. The molecule has 7 nitrogen and oxygen atoms in total. The first-order valence-electron chi connectivity index (χ1n) is 10.6. The molecule has 0 aliphatic heterocycles. The fraction of sp³-hybridized carbons (Fsp3) is 0.292. The van der Waals surface area contributed by atoms with Crippen LogP contribution in [0.2, 0.25) is 0 Å². The number of thiazole rings is 1. The van der Waals surface area contributed by atoms with E-state index < -0.39 is 0 Å². The van der Waals surface area contributed by atoms with Gasteiger partial charge in [-0.15, -0.1) is 0 Å². The van der Waals surface area contributed by atoms with Crippen LogP contribution in [-0.4, -0.2) is 27.6 Å². The molecular weight excluding hydrogens is 426 g/mol. The van der Waals surface area contributed by atoms with Gasteiger partial charge in [-0.1, -0.05) is 29.5 Å². The van der Waals surface area contributed by atoms with Crippen molar-refractivity contribution in [3.05, 3.63) is 74.7 Å². The lowest BCUT2D eigenvalue weighted by Gasteiger charge is -2.17. The zero-order valence-corrected chi connectivity index (χ0v) is 18.5. The number of rotatable bonds is 6. The molecule has 2 aromatic carbocycles. The Morgan fingerprint density at radius 2 is 1.84 bits per heavy atom. The van der Waals surface area contributed by atoms with Crippen LogP contribution in [0.3, 0.4) is 0 Å². The molecule has 0 bridgehead atoms. The second kappa shape index (κ2) is 8.63. The first-order chi connectivity index (χ1) is 15.6. The first kappa shape index (κ1) is 20.5. The lowest BCUT2D eigenvalue weighted by molar-refractivity contribution is 0.201. The quantitative estimate of drug-likeness (QED) is 0.443. The molecule has 0 N–H and O–H groups in total. The molecule has 1 aliphatic rings. The Morgan fingerprint density at radius 3 is 2.62 bits per heavy atom. The summed E-state index contributed by atoms with van der Waals surface area (Å²) in [7, 11) is 1.62. The van der Waals surface area contributed by atoms with E-state index in [9.17, 15) is 9.59 Å². The van der Waals surface area contributed by atoms with Gasteiger partial charge in [-0.2, -0.15) is 5.10 Å². The van der Waals surface area contributed by atoms with E-state index in [2.05, 4.69) is 5.10 Å². The van der Waals surface area contributed by atoms with E-state index in [0.29, 0.717) is 17.1 Å². The lowest BCUT2D eigenvalue weighted by atomic mass is 10.1. The number of nitrogens with zero attached hydrogens (tertiary/aromatic N) is 3. The predicted molar refractivity (Wildman–Crippen MR) is 125 cm³/mol. The van der Waals surface area contributed by atoms with Gasteiger partial charge in [0, 0.05) is 11.6 Å². The Hall–Kier alpha value is -3.39. The van der Waals surface area contributed by atoms with E-state index in [4.69, 9.17) is 9.47 Å². The van der Waals surface area contributed by atoms with Gasteiger partial charge in [-0.05, 0) is 55.5 Å². The fourth-order valence-corrected chi connectivity index (χ4v) is 5.00. The fourth-order valence-electron chi connectivity index (χ4n) is 4.11. The van der Waals surface area contributed by atoms with E-state index in [1.165, 1.54) is 23.6 Å². The minimum atomic E-state index is -0.279. The van der Waals surface area contributed by atoms with Crippen molar-refractivity contribution in [2.45, 2.75) is 38.5 Å². The topological polar surface area (TPSA) is 75.4 Å². The van der Waals surface area contributed by atoms with Crippen LogP contribution in [0.5, 0.6) is 11.5 Å². The summed E-state index contributed by atoms with van der Waals surface area (Å²) in [5, 5.41) is 4.33. The average molecular weight is 450 g/mol. The Morgan fingerprint density at radius 1 is 1.03 bits per heavy atom. The normalized spacial score (nSPS) is 14.2. The molecule has 4 aromatic rings. The summed E-state index contributed by atoms with van der Waals surface area (Å²) >= 11 is 1.16. The Kier molecular flexibility index (Phi) is 5.53. The summed E-state index contributed by atoms with van der Waals surface area (Å²) in [6.45, 7) is 0.0701.